The molecule has 2 N–H and O–H groups in total. The number of amides is 2. The Morgan fingerprint density at radius 3 is 2.56 bits per heavy atom. The molecule has 138 valence electrons. The molecule has 0 bridgehead atoms. The average Bonchev–Trinajstić information content (AvgIpc) is 3.17. The largest absolute Gasteiger partial charge is 0.325 e. The number of carbonyl (C=O) groups is 2. The van der Waals surface area contributed by atoms with Crippen molar-refractivity contribution in [3.05, 3.63) is 59.0 Å². The molecule has 6 nitrogen and oxygen atoms in total. The zero-order valence-electron chi connectivity index (χ0n) is 14.4. The molecular formula is C19H18N4O2S2. The molecule has 27 heavy (non-hydrogen) atoms. The van der Waals surface area contributed by atoms with Crippen LogP contribution in [-0.4, -0.2) is 27.1 Å². The van der Waals surface area contributed by atoms with Gasteiger partial charge in [-0.3, -0.25) is 9.59 Å². The van der Waals surface area contributed by atoms with Gasteiger partial charge in [-0.05, 0) is 48.6 Å². The maximum absolute atomic E-state index is 12.2. The molecule has 0 aliphatic heterocycles. The Labute approximate surface area is 165 Å². The maximum Gasteiger partial charge on any atom is 0.265 e. The first-order valence-corrected chi connectivity index (χ1v) is 10.5. The third-order valence-corrected chi connectivity index (χ3v) is 5.93. The SMILES string of the molecule is O=C(CSc1nccn1C1CC1)Nc1ccc(NC(=O)c2cccs2)cc1. The molecule has 1 saturated carbocycles. The number of thioether (sulfide) groups is 1. The van der Waals surface area contributed by atoms with Gasteiger partial charge in [-0.25, -0.2) is 4.98 Å². The van der Waals surface area contributed by atoms with Crippen molar-refractivity contribution in [2.45, 2.75) is 24.0 Å². The minimum atomic E-state index is -0.135. The molecule has 2 aromatic heterocycles. The van der Waals surface area contributed by atoms with E-state index in [0.717, 1.165) is 5.16 Å². The predicted molar refractivity (Wildman–Crippen MR) is 109 cm³/mol. The zero-order chi connectivity index (χ0) is 18.6. The summed E-state index contributed by atoms with van der Waals surface area (Å²) in [5.41, 5.74) is 1.38. The lowest BCUT2D eigenvalue weighted by atomic mass is 10.2. The summed E-state index contributed by atoms with van der Waals surface area (Å²) in [4.78, 5) is 29.2. The summed E-state index contributed by atoms with van der Waals surface area (Å²) in [7, 11) is 0. The van der Waals surface area contributed by atoms with Crippen molar-refractivity contribution in [1.82, 2.24) is 9.55 Å². The summed E-state index contributed by atoms with van der Waals surface area (Å²) in [6.45, 7) is 0. The van der Waals surface area contributed by atoms with E-state index < -0.39 is 0 Å². The molecular weight excluding hydrogens is 380 g/mol. The van der Waals surface area contributed by atoms with Crippen LogP contribution in [-0.2, 0) is 4.79 Å². The highest BCUT2D eigenvalue weighted by molar-refractivity contribution is 7.99. The van der Waals surface area contributed by atoms with Gasteiger partial charge in [-0.1, -0.05) is 17.8 Å². The molecule has 0 saturated heterocycles. The summed E-state index contributed by atoms with van der Waals surface area (Å²) >= 11 is 2.84. The number of imidazole rings is 1. The van der Waals surface area contributed by atoms with Crippen LogP contribution in [0.1, 0.15) is 28.6 Å². The van der Waals surface area contributed by atoms with Crippen molar-refractivity contribution in [3.8, 4) is 0 Å². The smallest absolute Gasteiger partial charge is 0.265 e. The molecule has 0 radical (unpaired) electrons. The fraction of sp³-hybridized carbons (Fsp3) is 0.211. The van der Waals surface area contributed by atoms with E-state index in [4.69, 9.17) is 0 Å². The quantitative estimate of drug-likeness (QED) is 0.583. The lowest BCUT2D eigenvalue weighted by Gasteiger charge is -2.08. The number of anilines is 2. The number of rotatable bonds is 7. The topological polar surface area (TPSA) is 76.0 Å². The van der Waals surface area contributed by atoms with Crippen LogP contribution in [0.4, 0.5) is 11.4 Å². The van der Waals surface area contributed by atoms with Crippen LogP contribution in [0.5, 0.6) is 0 Å². The molecule has 2 amide bonds. The van der Waals surface area contributed by atoms with Crippen molar-refractivity contribution in [2.24, 2.45) is 0 Å². The zero-order valence-corrected chi connectivity index (χ0v) is 16.1. The van der Waals surface area contributed by atoms with E-state index in [1.165, 1.54) is 35.9 Å². The summed E-state index contributed by atoms with van der Waals surface area (Å²) in [5, 5.41) is 8.46. The van der Waals surface area contributed by atoms with Gasteiger partial charge >= 0.3 is 0 Å². The van der Waals surface area contributed by atoms with Crippen molar-refractivity contribution in [3.63, 3.8) is 0 Å². The number of carbonyl (C=O) groups excluding carboxylic acids is 2. The van der Waals surface area contributed by atoms with E-state index in [1.54, 1.807) is 36.5 Å². The van der Waals surface area contributed by atoms with Crippen molar-refractivity contribution in [2.75, 3.05) is 16.4 Å². The van der Waals surface area contributed by atoms with Gasteiger partial charge in [0.15, 0.2) is 5.16 Å². The van der Waals surface area contributed by atoms with Gasteiger partial charge < -0.3 is 15.2 Å². The van der Waals surface area contributed by atoms with E-state index in [9.17, 15) is 9.59 Å². The van der Waals surface area contributed by atoms with Gasteiger partial charge in [0.25, 0.3) is 5.91 Å². The van der Waals surface area contributed by atoms with Crippen LogP contribution >= 0.6 is 23.1 Å². The van der Waals surface area contributed by atoms with Gasteiger partial charge in [0.05, 0.1) is 10.6 Å². The van der Waals surface area contributed by atoms with Crippen LogP contribution in [0.2, 0.25) is 0 Å². The lowest BCUT2D eigenvalue weighted by Crippen LogP contribution is -2.15. The minimum Gasteiger partial charge on any atom is -0.325 e. The van der Waals surface area contributed by atoms with Crippen molar-refractivity contribution >= 4 is 46.3 Å². The van der Waals surface area contributed by atoms with Crippen molar-refractivity contribution in [1.29, 1.82) is 0 Å². The summed E-state index contributed by atoms with van der Waals surface area (Å²) in [6, 6.07) is 11.3. The molecule has 1 aromatic carbocycles. The molecule has 4 rings (SSSR count). The molecule has 0 atom stereocenters. The first kappa shape index (κ1) is 17.8. The number of hydrogen-bond donors (Lipinski definition) is 2. The minimum absolute atomic E-state index is 0.0827. The van der Waals surface area contributed by atoms with Crippen LogP contribution in [0.25, 0.3) is 0 Å². The van der Waals surface area contributed by atoms with E-state index in [2.05, 4.69) is 20.2 Å². The van der Waals surface area contributed by atoms with E-state index in [0.29, 0.717) is 28.0 Å². The highest BCUT2D eigenvalue weighted by Crippen LogP contribution is 2.37. The maximum atomic E-state index is 12.2. The second-order valence-corrected chi connectivity index (χ2v) is 8.08. The van der Waals surface area contributed by atoms with Crippen LogP contribution in [0, 0.1) is 0 Å². The lowest BCUT2D eigenvalue weighted by molar-refractivity contribution is -0.113. The number of nitrogens with zero attached hydrogens (tertiary/aromatic N) is 2. The molecule has 1 aliphatic carbocycles. The Hall–Kier alpha value is -2.58. The Morgan fingerprint density at radius 1 is 1.15 bits per heavy atom. The highest BCUT2D eigenvalue weighted by Gasteiger charge is 2.25. The highest BCUT2D eigenvalue weighted by atomic mass is 32.2. The third-order valence-electron chi connectivity index (χ3n) is 4.08. The number of benzene rings is 1. The Balaban J connectivity index is 1.28. The molecule has 3 aromatic rings. The summed E-state index contributed by atoms with van der Waals surface area (Å²) in [5.74, 6) is 0.0886. The van der Waals surface area contributed by atoms with Crippen LogP contribution in [0.15, 0.2) is 59.3 Å². The summed E-state index contributed by atoms with van der Waals surface area (Å²) < 4.78 is 2.14. The predicted octanol–water partition coefficient (Wildman–Crippen LogP) is 4.26. The first-order valence-electron chi connectivity index (χ1n) is 8.59. The molecule has 1 fully saturated rings. The number of thiophene rings is 1. The molecule has 1 aliphatic rings. The standard InChI is InChI=1S/C19H18N4O2S2/c24-17(12-27-19-20-9-10-23(19)15-7-8-15)21-13-3-5-14(6-4-13)22-18(25)16-2-1-11-26-16/h1-6,9-11,15H,7-8,12H2,(H,21,24)(H,22,25). The second-order valence-electron chi connectivity index (χ2n) is 6.19. The number of nitrogens with one attached hydrogen (secondary N) is 2. The van der Waals surface area contributed by atoms with Gasteiger partial charge in [-0.15, -0.1) is 11.3 Å². The molecule has 0 spiro atoms. The van der Waals surface area contributed by atoms with Gasteiger partial charge in [0.1, 0.15) is 0 Å². The van der Waals surface area contributed by atoms with Gasteiger partial charge in [0, 0.05) is 29.8 Å². The van der Waals surface area contributed by atoms with Gasteiger partial charge in [0.2, 0.25) is 5.91 Å². The van der Waals surface area contributed by atoms with E-state index in [-0.39, 0.29) is 11.8 Å². The Morgan fingerprint density at radius 2 is 1.89 bits per heavy atom. The number of hydrogen-bond acceptors (Lipinski definition) is 5. The van der Waals surface area contributed by atoms with E-state index in [1.807, 2.05) is 17.6 Å². The molecule has 8 heteroatoms. The molecule has 2 heterocycles. The van der Waals surface area contributed by atoms with Gasteiger partial charge in [-0.2, -0.15) is 0 Å². The van der Waals surface area contributed by atoms with Crippen LogP contribution in [0.3, 0.4) is 0 Å². The fourth-order valence-electron chi connectivity index (χ4n) is 2.61. The first-order chi connectivity index (χ1) is 13.2. The number of aromatic nitrogens is 2. The second kappa shape index (κ2) is 7.98. The van der Waals surface area contributed by atoms with Crippen molar-refractivity contribution < 1.29 is 9.59 Å². The monoisotopic (exact) mass is 398 g/mol. The Kier molecular flexibility index (Phi) is 5.26. The van der Waals surface area contributed by atoms with E-state index >= 15 is 0 Å². The Bertz CT molecular complexity index is 931. The molecule has 0 unspecified atom stereocenters. The third kappa shape index (κ3) is 4.58. The fourth-order valence-corrected chi connectivity index (χ4v) is 4.05. The van der Waals surface area contributed by atoms with Crippen LogP contribution < -0.4 is 10.6 Å². The average molecular weight is 399 g/mol. The normalized spacial score (nSPS) is 13.3. The summed E-state index contributed by atoms with van der Waals surface area (Å²) in [6.07, 6.45) is 6.12.